The second-order valence-corrected chi connectivity index (χ2v) is 7.18. The summed E-state index contributed by atoms with van der Waals surface area (Å²) in [6.45, 7) is 2.26. The van der Waals surface area contributed by atoms with Gasteiger partial charge in [-0.1, -0.05) is 13.0 Å². The highest BCUT2D eigenvalue weighted by atomic mass is 79.9. The zero-order valence-electron chi connectivity index (χ0n) is 11.0. The predicted molar refractivity (Wildman–Crippen MR) is 78.9 cm³/mol. The Kier molecular flexibility index (Phi) is 4.49. The van der Waals surface area contributed by atoms with E-state index in [1.165, 1.54) is 4.90 Å². The second-order valence-electron chi connectivity index (χ2n) is 4.92. The molecule has 2 rings (SSSR count). The SMILES string of the molecule is CCc1ccc(N2CC(CS(=O)(=O)F)CC2=O)c(Br)c1. The summed E-state index contributed by atoms with van der Waals surface area (Å²) in [7, 11) is -4.55. The van der Waals surface area contributed by atoms with E-state index in [9.17, 15) is 17.1 Å². The smallest absolute Gasteiger partial charge is 0.302 e. The summed E-state index contributed by atoms with van der Waals surface area (Å²) in [6, 6.07) is 5.68. The van der Waals surface area contributed by atoms with Gasteiger partial charge >= 0.3 is 10.2 Å². The third-order valence-electron chi connectivity index (χ3n) is 3.35. The number of carbonyl (C=O) groups is 1. The van der Waals surface area contributed by atoms with Gasteiger partial charge in [0, 0.05) is 23.4 Å². The van der Waals surface area contributed by atoms with Crippen molar-refractivity contribution in [1.82, 2.24) is 0 Å². The first-order valence-corrected chi connectivity index (χ1v) is 8.66. The van der Waals surface area contributed by atoms with Crippen LogP contribution < -0.4 is 4.90 Å². The van der Waals surface area contributed by atoms with E-state index in [1.54, 1.807) is 0 Å². The highest BCUT2D eigenvalue weighted by Crippen LogP contribution is 2.32. The van der Waals surface area contributed by atoms with Crippen LogP contribution in [0, 0.1) is 5.92 Å². The van der Waals surface area contributed by atoms with Gasteiger partial charge in [0.15, 0.2) is 0 Å². The Morgan fingerprint density at radius 1 is 1.45 bits per heavy atom. The lowest BCUT2D eigenvalue weighted by Crippen LogP contribution is -2.25. The zero-order valence-corrected chi connectivity index (χ0v) is 13.4. The summed E-state index contributed by atoms with van der Waals surface area (Å²) in [6.07, 6.45) is 0.945. The first kappa shape index (κ1) is 15.4. The van der Waals surface area contributed by atoms with Crippen LogP contribution in [0.4, 0.5) is 9.57 Å². The maximum absolute atomic E-state index is 12.7. The summed E-state index contributed by atoms with van der Waals surface area (Å²) in [5.41, 5.74) is 1.83. The van der Waals surface area contributed by atoms with E-state index >= 15 is 0 Å². The molecule has 1 fully saturated rings. The van der Waals surface area contributed by atoms with Crippen LogP contribution in [-0.2, 0) is 21.4 Å². The van der Waals surface area contributed by atoms with Gasteiger partial charge in [0.05, 0.1) is 11.4 Å². The summed E-state index contributed by atoms with van der Waals surface area (Å²) in [5.74, 6) is -1.27. The third kappa shape index (κ3) is 3.58. The zero-order chi connectivity index (χ0) is 14.9. The molecule has 0 radical (unpaired) electrons. The van der Waals surface area contributed by atoms with Crippen LogP contribution in [0.2, 0.25) is 0 Å². The van der Waals surface area contributed by atoms with Gasteiger partial charge in [-0.2, -0.15) is 8.42 Å². The monoisotopic (exact) mass is 363 g/mol. The van der Waals surface area contributed by atoms with E-state index in [2.05, 4.69) is 15.9 Å². The molecule has 1 aromatic rings. The summed E-state index contributed by atoms with van der Waals surface area (Å²) in [5, 5.41) is 0. The molecule has 0 aromatic heterocycles. The molecular weight excluding hydrogens is 349 g/mol. The molecule has 1 aromatic carbocycles. The number of hydrogen-bond donors (Lipinski definition) is 0. The topological polar surface area (TPSA) is 54.5 Å². The van der Waals surface area contributed by atoms with Crippen molar-refractivity contribution in [2.75, 3.05) is 17.2 Å². The number of halogens is 2. The van der Waals surface area contributed by atoms with E-state index in [4.69, 9.17) is 0 Å². The van der Waals surface area contributed by atoms with Crippen molar-refractivity contribution >= 4 is 37.7 Å². The largest absolute Gasteiger partial charge is 0.311 e. The van der Waals surface area contributed by atoms with E-state index in [1.807, 2.05) is 25.1 Å². The normalized spacial score (nSPS) is 19.6. The number of hydrogen-bond acceptors (Lipinski definition) is 3. The van der Waals surface area contributed by atoms with Gasteiger partial charge in [0.2, 0.25) is 5.91 Å². The van der Waals surface area contributed by atoms with Crippen molar-refractivity contribution in [3.63, 3.8) is 0 Å². The van der Waals surface area contributed by atoms with Gasteiger partial charge in [0.25, 0.3) is 0 Å². The van der Waals surface area contributed by atoms with Gasteiger partial charge in [0.1, 0.15) is 0 Å². The maximum atomic E-state index is 12.7. The standard InChI is InChI=1S/C13H15BrFNO3S/c1-2-9-3-4-12(11(14)5-9)16-7-10(6-13(16)17)8-20(15,18)19/h3-5,10H,2,6-8H2,1H3. The molecule has 0 bridgehead atoms. The molecule has 1 heterocycles. The molecule has 0 saturated carbocycles. The van der Waals surface area contributed by atoms with Crippen molar-refractivity contribution in [3.8, 4) is 0 Å². The fraction of sp³-hybridized carbons (Fsp3) is 0.462. The highest BCUT2D eigenvalue weighted by molar-refractivity contribution is 9.10. The Bertz CT molecular complexity index is 633. The van der Waals surface area contributed by atoms with Gasteiger partial charge < -0.3 is 4.90 Å². The van der Waals surface area contributed by atoms with Crippen LogP contribution in [0.3, 0.4) is 0 Å². The van der Waals surface area contributed by atoms with Gasteiger partial charge in [-0.05, 0) is 40.0 Å². The van der Waals surface area contributed by atoms with Crippen molar-refractivity contribution in [1.29, 1.82) is 0 Å². The lowest BCUT2D eigenvalue weighted by molar-refractivity contribution is -0.117. The summed E-state index contributed by atoms with van der Waals surface area (Å²) < 4.78 is 34.9. The Labute approximate surface area is 126 Å². The lowest BCUT2D eigenvalue weighted by atomic mass is 10.1. The number of benzene rings is 1. The Hall–Kier alpha value is -0.950. The lowest BCUT2D eigenvalue weighted by Gasteiger charge is -2.18. The van der Waals surface area contributed by atoms with Crippen LogP contribution in [0.25, 0.3) is 0 Å². The molecule has 0 aliphatic carbocycles. The third-order valence-corrected chi connectivity index (χ3v) is 4.86. The molecule has 0 N–H and O–H groups in total. The number of nitrogens with zero attached hydrogens (tertiary/aromatic N) is 1. The molecule has 4 nitrogen and oxygen atoms in total. The fourth-order valence-corrected chi connectivity index (χ4v) is 3.82. The molecule has 0 spiro atoms. The van der Waals surface area contributed by atoms with Crippen molar-refractivity contribution in [2.24, 2.45) is 5.92 Å². The average molecular weight is 364 g/mol. The molecular formula is C13H15BrFNO3S. The second kappa shape index (κ2) is 5.81. The molecule has 1 unspecified atom stereocenters. The number of amides is 1. The molecule has 110 valence electrons. The Balaban J connectivity index is 2.20. The molecule has 7 heteroatoms. The average Bonchev–Trinajstić information content (AvgIpc) is 2.67. The molecule has 20 heavy (non-hydrogen) atoms. The van der Waals surface area contributed by atoms with Crippen LogP contribution >= 0.6 is 15.9 Å². The van der Waals surface area contributed by atoms with E-state index in [0.717, 1.165) is 16.5 Å². The Morgan fingerprint density at radius 2 is 2.15 bits per heavy atom. The quantitative estimate of drug-likeness (QED) is 0.772. The number of carbonyl (C=O) groups excluding carboxylic acids is 1. The van der Waals surface area contributed by atoms with Crippen molar-refractivity contribution < 1.29 is 17.1 Å². The fourth-order valence-electron chi connectivity index (χ4n) is 2.40. The summed E-state index contributed by atoms with van der Waals surface area (Å²) >= 11 is 3.42. The van der Waals surface area contributed by atoms with Crippen molar-refractivity contribution in [3.05, 3.63) is 28.2 Å². The summed E-state index contributed by atoms with van der Waals surface area (Å²) in [4.78, 5) is 13.5. The van der Waals surface area contributed by atoms with Crippen molar-refractivity contribution in [2.45, 2.75) is 19.8 Å². The maximum Gasteiger partial charge on any atom is 0.302 e. The van der Waals surface area contributed by atoms with Crippen LogP contribution in [0.15, 0.2) is 22.7 Å². The predicted octanol–water partition coefficient (Wildman–Crippen LogP) is 2.66. The minimum atomic E-state index is -4.55. The molecule has 1 aliphatic rings. The molecule has 1 saturated heterocycles. The molecule has 1 amide bonds. The van der Waals surface area contributed by atoms with Crippen LogP contribution in [-0.4, -0.2) is 26.6 Å². The van der Waals surface area contributed by atoms with Gasteiger partial charge in [-0.25, -0.2) is 0 Å². The van der Waals surface area contributed by atoms with E-state index in [-0.39, 0.29) is 18.9 Å². The first-order valence-electron chi connectivity index (χ1n) is 6.31. The van der Waals surface area contributed by atoms with Gasteiger partial charge in [-0.3, -0.25) is 4.79 Å². The number of aryl methyl sites for hydroxylation is 1. The molecule has 1 atom stereocenters. The van der Waals surface area contributed by atoms with E-state index in [0.29, 0.717) is 5.69 Å². The highest BCUT2D eigenvalue weighted by Gasteiger charge is 2.34. The minimum absolute atomic E-state index is 0.0606. The van der Waals surface area contributed by atoms with E-state index < -0.39 is 21.9 Å². The first-order chi connectivity index (χ1) is 9.30. The minimum Gasteiger partial charge on any atom is -0.311 e. The number of rotatable bonds is 4. The number of anilines is 1. The van der Waals surface area contributed by atoms with Crippen LogP contribution in [0.5, 0.6) is 0 Å². The van der Waals surface area contributed by atoms with Gasteiger partial charge in [-0.15, -0.1) is 3.89 Å². The Morgan fingerprint density at radius 3 is 2.70 bits per heavy atom. The van der Waals surface area contributed by atoms with Crippen LogP contribution in [0.1, 0.15) is 18.9 Å². The molecule has 1 aliphatic heterocycles.